The molecule has 0 saturated heterocycles. The van der Waals surface area contributed by atoms with Gasteiger partial charge in [-0.15, -0.1) is 5.10 Å². The van der Waals surface area contributed by atoms with Crippen LogP contribution in [0.15, 0.2) is 54.7 Å². The smallest absolute Gasteiger partial charge is 0.244 e. The highest BCUT2D eigenvalue weighted by molar-refractivity contribution is 5.61. The molecule has 0 spiro atoms. The molecule has 2 N–H and O–H groups in total. The number of aryl methyl sites for hydroxylation is 1. The van der Waals surface area contributed by atoms with Gasteiger partial charge in [-0.05, 0) is 43.0 Å². The first-order chi connectivity index (χ1) is 11.7. The zero-order valence-corrected chi connectivity index (χ0v) is 14.0. The van der Waals surface area contributed by atoms with Gasteiger partial charge >= 0.3 is 0 Å². The summed E-state index contributed by atoms with van der Waals surface area (Å²) in [5, 5.41) is 14.6. The summed E-state index contributed by atoms with van der Waals surface area (Å²) in [4.78, 5) is 4.47. The largest absolute Gasteiger partial charge is 0.353 e. The molecule has 1 aromatic heterocycles. The number of nitrogens with zero attached hydrogens (tertiary/aromatic N) is 3. The Kier molecular flexibility index (Phi) is 5.01. The molecule has 0 radical (unpaired) electrons. The summed E-state index contributed by atoms with van der Waals surface area (Å²) in [6.07, 6.45) is 2.54. The standard InChI is InChI=1S/C19H21N5/c1-14-7-6-10-17(15(14)2)22-18-13-21-24-19(23-18)20-12-11-16-8-4-3-5-9-16/h3-10,13H,11-12H2,1-2H3,(H2,20,22,23,24). The monoisotopic (exact) mass is 319 g/mol. The Labute approximate surface area is 142 Å². The van der Waals surface area contributed by atoms with Crippen LogP contribution >= 0.6 is 0 Å². The first-order valence-electron chi connectivity index (χ1n) is 8.03. The van der Waals surface area contributed by atoms with Gasteiger partial charge in [0.25, 0.3) is 0 Å². The summed E-state index contributed by atoms with van der Waals surface area (Å²) in [5.74, 6) is 1.21. The van der Waals surface area contributed by atoms with Gasteiger partial charge in [-0.2, -0.15) is 10.1 Å². The third-order valence-corrected chi connectivity index (χ3v) is 3.97. The first kappa shape index (κ1) is 15.9. The van der Waals surface area contributed by atoms with E-state index >= 15 is 0 Å². The predicted octanol–water partition coefficient (Wildman–Crippen LogP) is 3.89. The van der Waals surface area contributed by atoms with E-state index in [9.17, 15) is 0 Å². The van der Waals surface area contributed by atoms with E-state index in [-0.39, 0.29) is 0 Å². The van der Waals surface area contributed by atoms with Crippen LogP contribution in [0.2, 0.25) is 0 Å². The van der Waals surface area contributed by atoms with E-state index < -0.39 is 0 Å². The van der Waals surface area contributed by atoms with Crippen LogP contribution in [0.1, 0.15) is 16.7 Å². The fourth-order valence-electron chi connectivity index (χ4n) is 2.43. The highest BCUT2D eigenvalue weighted by Crippen LogP contribution is 2.21. The molecule has 0 bridgehead atoms. The van der Waals surface area contributed by atoms with Gasteiger partial charge in [-0.3, -0.25) is 0 Å². The average Bonchev–Trinajstić information content (AvgIpc) is 2.60. The van der Waals surface area contributed by atoms with Crippen LogP contribution in [0.25, 0.3) is 0 Å². The molecule has 3 aromatic rings. The zero-order chi connectivity index (χ0) is 16.8. The van der Waals surface area contributed by atoms with E-state index in [4.69, 9.17) is 0 Å². The van der Waals surface area contributed by atoms with Gasteiger partial charge in [0.2, 0.25) is 5.95 Å². The van der Waals surface area contributed by atoms with Crippen LogP contribution in [0.4, 0.5) is 17.5 Å². The number of hydrogen-bond donors (Lipinski definition) is 2. The molecule has 3 rings (SSSR count). The van der Waals surface area contributed by atoms with Crippen molar-refractivity contribution in [3.05, 3.63) is 71.4 Å². The van der Waals surface area contributed by atoms with Crippen molar-refractivity contribution < 1.29 is 0 Å². The van der Waals surface area contributed by atoms with Crippen LogP contribution in [-0.4, -0.2) is 21.7 Å². The second-order valence-electron chi connectivity index (χ2n) is 5.70. The van der Waals surface area contributed by atoms with Crippen LogP contribution in [0.5, 0.6) is 0 Å². The van der Waals surface area contributed by atoms with Gasteiger partial charge in [-0.1, -0.05) is 42.5 Å². The third kappa shape index (κ3) is 4.07. The Balaban J connectivity index is 1.62. The van der Waals surface area contributed by atoms with Gasteiger partial charge in [0.1, 0.15) is 0 Å². The minimum Gasteiger partial charge on any atom is -0.353 e. The van der Waals surface area contributed by atoms with Crippen LogP contribution in [0, 0.1) is 13.8 Å². The van der Waals surface area contributed by atoms with Gasteiger partial charge in [0, 0.05) is 12.2 Å². The zero-order valence-electron chi connectivity index (χ0n) is 14.0. The van der Waals surface area contributed by atoms with Crippen LogP contribution in [-0.2, 0) is 6.42 Å². The maximum Gasteiger partial charge on any atom is 0.244 e. The summed E-state index contributed by atoms with van der Waals surface area (Å²) in [5.41, 5.74) is 4.76. The van der Waals surface area contributed by atoms with E-state index in [1.165, 1.54) is 16.7 Å². The molecule has 1 heterocycles. The second-order valence-corrected chi connectivity index (χ2v) is 5.70. The Bertz CT molecular complexity index is 802. The van der Waals surface area contributed by atoms with Gasteiger partial charge in [0.15, 0.2) is 5.82 Å². The lowest BCUT2D eigenvalue weighted by Gasteiger charge is -2.11. The van der Waals surface area contributed by atoms with Crippen LogP contribution in [0.3, 0.4) is 0 Å². The van der Waals surface area contributed by atoms with Crippen molar-refractivity contribution in [2.45, 2.75) is 20.3 Å². The van der Waals surface area contributed by atoms with Crippen molar-refractivity contribution in [3.8, 4) is 0 Å². The van der Waals surface area contributed by atoms with Gasteiger partial charge in [-0.25, -0.2) is 0 Å². The number of nitrogens with one attached hydrogen (secondary N) is 2. The number of hydrogen-bond acceptors (Lipinski definition) is 5. The quantitative estimate of drug-likeness (QED) is 0.722. The topological polar surface area (TPSA) is 62.7 Å². The molecule has 122 valence electrons. The highest BCUT2D eigenvalue weighted by atomic mass is 15.3. The van der Waals surface area contributed by atoms with Gasteiger partial charge in [0.05, 0.1) is 6.20 Å². The van der Waals surface area contributed by atoms with E-state index in [0.29, 0.717) is 11.8 Å². The normalized spacial score (nSPS) is 10.4. The van der Waals surface area contributed by atoms with Crippen molar-refractivity contribution in [1.82, 2.24) is 15.2 Å². The lowest BCUT2D eigenvalue weighted by Crippen LogP contribution is -2.09. The first-order valence-corrected chi connectivity index (χ1v) is 8.03. The summed E-state index contributed by atoms with van der Waals surface area (Å²) < 4.78 is 0. The third-order valence-electron chi connectivity index (χ3n) is 3.97. The number of benzene rings is 2. The number of aromatic nitrogens is 3. The summed E-state index contributed by atoms with van der Waals surface area (Å²) in [6, 6.07) is 16.5. The minimum absolute atomic E-state index is 0.529. The molecule has 24 heavy (non-hydrogen) atoms. The van der Waals surface area contributed by atoms with E-state index in [0.717, 1.165) is 18.7 Å². The molecule has 0 aliphatic rings. The molecule has 0 unspecified atom stereocenters. The molecular weight excluding hydrogens is 298 g/mol. The van der Waals surface area contributed by atoms with Crippen molar-refractivity contribution in [2.24, 2.45) is 0 Å². The SMILES string of the molecule is Cc1cccc(Nc2cnnc(NCCc3ccccc3)n2)c1C. The van der Waals surface area contributed by atoms with Crippen LogP contribution < -0.4 is 10.6 Å². The lowest BCUT2D eigenvalue weighted by atomic mass is 10.1. The molecule has 0 atom stereocenters. The predicted molar refractivity (Wildman–Crippen MR) is 97.7 cm³/mol. The molecule has 0 aliphatic carbocycles. The Hall–Kier alpha value is -2.95. The average molecular weight is 319 g/mol. The van der Waals surface area contributed by atoms with E-state index in [1.807, 2.05) is 30.3 Å². The molecule has 0 amide bonds. The molecule has 5 nitrogen and oxygen atoms in total. The molecule has 0 fully saturated rings. The van der Waals surface area contributed by atoms with Gasteiger partial charge < -0.3 is 10.6 Å². The maximum absolute atomic E-state index is 4.47. The molecular formula is C19H21N5. The molecule has 0 saturated carbocycles. The Morgan fingerprint density at radius 1 is 0.958 bits per heavy atom. The van der Waals surface area contributed by atoms with Crippen molar-refractivity contribution in [1.29, 1.82) is 0 Å². The van der Waals surface area contributed by atoms with Crippen molar-refractivity contribution in [2.75, 3.05) is 17.2 Å². The van der Waals surface area contributed by atoms with E-state index in [1.54, 1.807) is 6.20 Å². The fourth-order valence-corrected chi connectivity index (χ4v) is 2.43. The summed E-state index contributed by atoms with van der Waals surface area (Å²) in [6.45, 7) is 4.94. The van der Waals surface area contributed by atoms with Crippen molar-refractivity contribution >= 4 is 17.5 Å². The summed E-state index contributed by atoms with van der Waals surface area (Å²) in [7, 11) is 0. The number of rotatable bonds is 6. The number of anilines is 3. The molecule has 2 aromatic carbocycles. The second kappa shape index (κ2) is 7.55. The maximum atomic E-state index is 4.47. The Morgan fingerprint density at radius 2 is 1.79 bits per heavy atom. The fraction of sp³-hybridized carbons (Fsp3) is 0.211. The molecule has 5 heteroatoms. The molecule has 0 aliphatic heterocycles. The Morgan fingerprint density at radius 3 is 2.62 bits per heavy atom. The van der Waals surface area contributed by atoms with Crippen molar-refractivity contribution in [3.63, 3.8) is 0 Å². The summed E-state index contributed by atoms with van der Waals surface area (Å²) >= 11 is 0. The lowest BCUT2D eigenvalue weighted by molar-refractivity contribution is 0.929. The van der Waals surface area contributed by atoms with E-state index in [2.05, 4.69) is 57.9 Å². The minimum atomic E-state index is 0.529. The highest BCUT2D eigenvalue weighted by Gasteiger charge is 2.04.